The van der Waals surface area contributed by atoms with E-state index in [0.717, 1.165) is 5.56 Å². The quantitative estimate of drug-likeness (QED) is 0.684. The molecule has 0 atom stereocenters. The smallest absolute Gasteiger partial charge is 0.489 e. The Balaban J connectivity index is 0.000000445. The number of alkyl halides is 3. The van der Waals surface area contributed by atoms with Crippen LogP contribution in [0.15, 0.2) is 30.1 Å². The number of fused-ring (bicyclic) bond motifs is 1. The Bertz CT molecular complexity index is 730. The van der Waals surface area contributed by atoms with Crippen LogP contribution in [-0.2, 0) is 10.2 Å². The van der Waals surface area contributed by atoms with Crippen LogP contribution in [0.2, 0.25) is 0 Å². The van der Waals surface area contributed by atoms with Crippen molar-refractivity contribution < 1.29 is 37.0 Å². The molecule has 0 spiro atoms. The molecule has 0 fully saturated rings. The minimum absolute atomic E-state index is 0.0721. The molecule has 1 amide bonds. The van der Waals surface area contributed by atoms with Gasteiger partial charge in [0.15, 0.2) is 0 Å². The fraction of sp³-hybridized carbons (Fsp3) is 0.412. The Morgan fingerprint density at radius 2 is 2.00 bits per heavy atom. The third kappa shape index (κ3) is 6.24. The number of aliphatic carboxylic acids is 1. The van der Waals surface area contributed by atoms with Gasteiger partial charge in [-0.2, -0.15) is 13.2 Å². The Morgan fingerprint density at radius 3 is 2.48 bits per heavy atom. The van der Waals surface area contributed by atoms with Crippen LogP contribution in [0.5, 0.6) is 5.75 Å². The third-order valence-corrected chi connectivity index (χ3v) is 3.74. The second-order valence-electron chi connectivity index (χ2n) is 6.34. The van der Waals surface area contributed by atoms with E-state index in [2.05, 4.69) is 19.2 Å². The van der Waals surface area contributed by atoms with Crippen molar-refractivity contribution in [3.8, 4) is 5.75 Å². The van der Waals surface area contributed by atoms with Crippen LogP contribution < -0.4 is 15.8 Å². The van der Waals surface area contributed by atoms with Gasteiger partial charge in [-0.15, -0.1) is 0 Å². The number of ether oxygens (including phenoxy) is 1. The molecular formula is C17H20F4N2O4. The van der Waals surface area contributed by atoms with E-state index >= 15 is 0 Å². The molecule has 4 N–H and O–H groups in total. The predicted octanol–water partition coefficient (Wildman–Crippen LogP) is 2.53. The highest BCUT2D eigenvalue weighted by atomic mass is 19.4. The van der Waals surface area contributed by atoms with Gasteiger partial charge in [-0.3, -0.25) is 4.79 Å². The van der Waals surface area contributed by atoms with E-state index in [-0.39, 0.29) is 24.5 Å². The zero-order valence-corrected chi connectivity index (χ0v) is 14.7. The predicted molar refractivity (Wildman–Crippen MR) is 89.2 cm³/mol. The van der Waals surface area contributed by atoms with Crippen LogP contribution in [0.1, 0.15) is 29.8 Å². The highest BCUT2D eigenvalue weighted by molar-refractivity contribution is 5.97. The van der Waals surface area contributed by atoms with E-state index < -0.39 is 12.1 Å². The molecule has 6 nitrogen and oxygen atoms in total. The average molecular weight is 392 g/mol. The molecule has 1 aromatic rings. The normalized spacial score (nSPS) is 15.8. The van der Waals surface area contributed by atoms with Crippen molar-refractivity contribution in [2.24, 2.45) is 5.73 Å². The van der Waals surface area contributed by atoms with Crippen LogP contribution in [0.4, 0.5) is 17.6 Å². The summed E-state index contributed by atoms with van der Waals surface area (Å²) >= 11 is 0. The number of carboxylic acid groups (broad SMARTS) is 1. The molecule has 0 radical (unpaired) electrons. The number of hydrogen-bond donors (Lipinski definition) is 3. The summed E-state index contributed by atoms with van der Waals surface area (Å²) in [6.45, 7) is 4.93. The second kappa shape index (κ2) is 8.85. The van der Waals surface area contributed by atoms with Gasteiger partial charge in [-0.1, -0.05) is 13.8 Å². The molecule has 2 rings (SSSR count). The number of halogens is 4. The van der Waals surface area contributed by atoms with E-state index in [1.165, 1.54) is 0 Å². The number of hydrogen-bond acceptors (Lipinski definition) is 4. The summed E-state index contributed by atoms with van der Waals surface area (Å²) in [7, 11) is 0. The minimum atomic E-state index is -5.08. The molecule has 0 saturated carbocycles. The van der Waals surface area contributed by atoms with Crippen molar-refractivity contribution in [2.75, 3.05) is 19.7 Å². The van der Waals surface area contributed by atoms with Gasteiger partial charge in [0.1, 0.15) is 12.4 Å². The van der Waals surface area contributed by atoms with Gasteiger partial charge in [-0.25, -0.2) is 9.18 Å². The van der Waals surface area contributed by atoms with Gasteiger partial charge in [0.25, 0.3) is 5.91 Å². The standard InChI is InChI=1S/C15H19FN2O2.C2HF3O2/c1-15(2)9-18-14(19)12-4-3-11(5-13(12)15)20-8-10(6-16)7-17;3-2(4,5)1(6)7/h3-6H,7-9,17H2,1-2H3,(H,18,19);(H,6,7)/b10-6-;. The summed E-state index contributed by atoms with van der Waals surface area (Å²) in [5.74, 6) is -2.22. The second-order valence-corrected chi connectivity index (χ2v) is 6.34. The molecule has 0 unspecified atom stereocenters. The van der Waals surface area contributed by atoms with Gasteiger partial charge < -0.3 is 20.9 Å². The first-order valence-electron chi connectivity index (χ1n) is 7.76. The summed E-state index contributed by atoms with van der Waals surface area (Å²) in [6, 6.07) is 5.30. The maximum Gasteiger partial charge on any atom is 0.490 e. The van der Waals surface area contributed by atoms with Gasteiger partial charge in [0.05, 0.1) is 6.33 Å². The van der Waals surface area contributed by atoms with E-state index in [4.69, 9.17) is 20.4 Å². The number of rotatable bonds is 4. The molecule has 150 valence electrons. The highest BCUT2D eigenvalue weighted by Gasteiger charge is 2.38. The molecule has 27 heavy (non-hydrogen) atoms. The maximum absolute atomic E-state index is 12.4. The van der Waals surface area contributed by atoms with Crippen LogP contribution in [0.25, 0.3) is 0 Å². The first kappa shape index (κ1) is 22.4. The molecule has 1 aliphatic rings. The minimum Gasteiger partial charge on any atom is -0.489 e. The van der Waals surface area contributed by atoms with Gasteiger partial charge in [0, 0.05) is 29.6 Å². The first-order valence-corrected chi connectivity index (χ1v) is 7.76. The molecule has 1 aromatic carbocycles. The number of nitrogens with one attached hydrogen (secondary N) is 1. The molecular weight excluding hydrogens is 372 g/mol. The van der Waals surface area contributed by atoms with Gasteiger partial charge >= 0.3 is 12.1 Å². The van der Waals surface area contributed by atoms with Gasteiger partial charge in [0.2, 0.25) is 0 Å². The van der Waals surface area contributed by atoms with Crippen molar-refractivity contribution in [1.82, 2.24) is 5.32 Å². The van der Waals surface area contributed by atoms with Crippen LogP contribution >= 0.6 is 0 Å². The van der Waals surface area contributed by atoms with E-state index in [1.54, 1.807) is 12.1 Å². The summed E-state index contributed by atoms with van der Waals surface area (Å²) in [4.78, 5) is 20.7. The lowest BCUT2D eigenvalue weighted by molar-refractivity contribution is -0.192. The fourth-order valence-corrected chi connectivity index (χ4v) is 2.17. The van der Waals surface area contributed by atoms with Gasteiger partial charge in [-0.05, 0) is 23.8 Å². The number of amides is 1. The number of carboxylic acids is 1. The molecule has 10 heteroatoms. The molecule has 0 aliphatic carbocycles. The lowest BCUT2D eigenvalue weighted by Gasteiger charge is -2.32. The largest absolute Gasteiger partial charge is 0.490 e. The molecule has 0 bridgehead atoms. The lowest BCUT2D eigenvalue weighted by Crippen LogP contribution is -2.43. The Kier molecular flexibility index (Phi) is 7.35. The summed E-state index contributed by atoms with van der Waals surface area (Å²) < 4.78 is 49.7. The summed E-state index contributed by atoms with van der Waals surface area (Å²) in [6.07, 6.45) is -4.62. The molecule has 0 saturated heterocycles. The topological polar surface area (TPSA) is 102 Å². The monoisotopic (exact) mass is 392 g/mol. The first-order chi connectivity index (χ1) is 12.4. The van der Waals surface area contributed by atoms with Crippen molar-refractivity contribution >= 4 is 11.9 Å². The van der Waals surface area contributed by atoms with E-state index in [0.29, 0.717) is 29.8 Å². The Hall–Kier alpha value is -2.62. The van der Waals surface area contributed by atoms with Crippen molar-refractivity contribution in [3.63, 3.8) is 0 Å². The zero-order valence-electron chi connectivity index (χ0n) is 14.7. The van der Waals surface area contributed by atoms with Crippen molar-refractivity contribution in [3.05, 3.63) is 41.2 Å². The zero-order chi connectivity index (χ0) is 20.8. The number of carbonyl (C=O) groups excluding carboxylic acids is 1. The third-order valence-electron chi connectivity index (χ3n) is 3.74. The van der Waals surface area contributed by atoms with Crippen LogP contribution in [0, 0.1) is 0 Å². The molecule has 0 aromatic heterocycles. The van der Waals surface area contributed by atoms with Crippen LogP contribution in [0.3, 0.4) is 0 Å². The lowest BCUT2D eigenvalue weighted by atomic mass is 9.79. The fourth-order valence-electron chi connectivity index (χ4n) is 2.17. The Morgan fingerprint density at radius 1 is 1.41 bits per heavy atom. The molecule has 1 aliphatic heterocycles. The van der Waals surface area contributed by atoms with E-state index in [9.17, 15) is 22.4 Å². The SMILES string of the molecule is CC1(C)CNC(=O)c2ccc(OC/C(=C\F)CN)cc21.O=C(O)C(F)(F)F. The van der Waals surface area contributed by atoms with E-state index in [1.807, 2.05) is 6.07 Å². The number of nitrogens with two attached hydrogens (primary N) is 1. The maximum atomic E-state index is 12.4. The van der Waals surface area contributed by atoms with Crippen molar-refractivity contribution in [2.45, 2.75) is 25.4 Å². The summed E-state index contributed by atoms with van der Waals surface area (Å²) in [5.41, 5.74) is 7.21. The average Bonchev–Trinajstić information content (AvgIpc) is 2.59. The van der Waals surface area contributed by atoms with Crippen molar-refractivity contribution in [1.29, 1.82) is 0 Å². The Labute approximate surface area is 153 Å². The number of benzene rings is 1. The number of carbonyl (C=O) groups is 2. The van der Waals surface area contributed by atoms with Crippen LogP contribution in [-0.4, -0.2) is 42.9 Å². The summed E-state index contributed by atoms with van der Waals surface area (Å²) in [5, 5.41) is 9.99. The molecule has 1 heterocycles. The highest BCUT2D eigenvalue weighted by Crippen LogP contribution is 2.32.